The van der Waals surface area contributed by atoms with Crippen molar-refractivity contribution >= 4 is 28.5 Å². The number of hydrogen-bond donors (Lipinski definition) is 2. The van der Waals surface area contributed by atoms with E-state index in [0.717, 1.165) is 5.56 Å². The number of hydrogen-bond acceptors (Lipinski definition) is 7. The second-order valence-electron chi connectivity index (χ2n) is 4.08. The molecule has 0 saturated carbocycles. The first-order valence-corrected chi connectivity index (χ1v) is 7.45. The molecule has 2 aromatic heterocycles. The standard InChI is InChI=1S/C13H15N5O3S/c1-2-21-10(19)5-8-15-12(20)16-13-18-17-11(22-13)9-3-6-14-7-4-9/h3-4,6-7H,2,5,8H2,1H3,(H2,15,16,18,20). The van der Waals surface area contributed by atoms with E-state index >= 15 is 0 Å². The van der Waals surface area contributed by atoms with Crippen LogP contribution >= 0.6 is 11.3 Å². The maximum absolute atomic E-state index is 11.7. The molecular formula is C13H15N5O3S. The number of urea groups is 1. The van der Waals surface area contributed by atoms with Crippen LogP contribution in [0.5, 0.6) is 0 Å². The number of amides is 2. The van der Waals surface area contributed by atoms with Crippen molar-refractivity contribution in [2.24, 2.45) is 0 Å². The predicted octanol–water partition coefficient (Wildman–Crippen LogP) is 1.67. The van der Waals surface area contributed by atoms with Crippen molar-refractivity contribution in [2.45, 2.75) is 13.3 Å². The molecule has 0 spiro atoms. The zero-order chi connectivity index (χ0) is 15.8. The molecule has 22 heavy (non-hydrogen) atoms. The van der Waals surface area contributed by atoms with Gasteiger partial charge in [-0.3, -0.25) is 15.1 Å². The molecule has 0 saturated heterocycles. The third-order valence-electron chi connectivity index (χ3n) is 2.49. The van der Waals surface area contributed by atoms with Gasteiger partial charge in [-0.1, -0.05) is 11.3 Å². The van der Waals surface area contributed by atoms with E-state index in [9.17, 15) is 9.59 Å². The molecule has 0 atom stereocenters. The highest BCUT2D eigenvalue weighted by Crippen LogP contribution is 2.25. The molecule has 2 heterocycles. The van der Waals surface area contributed by atoms with Crippen LogP contribution in [0.25, 0.3) is 10.6 Å². The van der Waals surface area contributed by atoms with Gasteiger partial charge in [-0.2, -0.15) is 0 Å². The number of esters is 1. The monoisotopic (exact) mass is 321 g/mol. The molecule has 2 amide bonds. The minimum Gasteiger partial charge on any atom is -0.466 e. The topological polar surface area (TPSA) is 106 Å². The lowest BCUT2D eigenvalue weighted by atomic mass is 10.3. The molecule has 0 aliphatic rings. The number of nitrogens with one attached hydrogen (secondary N) is 2. The number of anilines is 1. The summed E-state index contributed by atoms with van der Waals surface area (Å²) in [7, 11) is 0. The lowest BCUT2D eigenvalue weighted by molar-refractivity contribution is -0.142. The number of rotatable bonds is 6. The highest BCUT2D eigenvalue weighted by atomic mass is 32.1. The van der Waals surface area contributed by atoms with E-state index in [1.54, 1.807) is 19.3 Å². The molecule has 2 aromatic rings. The maximum Gasteiger partial charge on any atom is 0.321 e. The van der Waals surface area contributed by atoms with Gasteiger partial charge in [-0.05, 0) is 19.1 Å². The molecule has 0 radical (unpaired) electrons. The largest absolute Gasteiger partial charge is 0.466 e. The van der Waals surface area contributed by atoms with E-state index < -0.39 is 6.03 Å². The van der Waals surface area contributed by atoms with Gasteiger partial charge in [0.25, 0.3) is 0 Å². The fourth-order valence-electron chi connectivity index (χ4n) is 1.54. The second kappa shape index (κ2) is 8.03. The molecule has 0 aromatic carbocycles. The van der Waals surface area contributed by atoms with Gasteiger partial charge >= 0.3 is 12.0 Å². The minimum absolute atomic E-state index is 0.125. The van der Waals surface area contributed by atoms with Crippen LogP contribution < -0.4 is 10.6 Å². The van der Waals surface area contributed by atoms with Crippen LogP contribution in [0, 0.1) is 0 Å². The summed E-state index contributed by atoms with van der Waals surface area (Å²) < 4.78 is 4.76. The summed E-state index contributed by atoms with van der Waals surface area (Å²) in [5, 5.41) is 14.1. The van der Waals surface area contributed by atoms with Crippen molar-refractivity contribution in [3.05, 3.63) is 24.5 Å². The van der Waals surface area contributed by atoms with E-state index in [-0.39, 0.29) is 18.9 Å². The molecule has 8 nitrogen and oxygen atoms in total. The average molecular weight is 321 g/mol. The Bertz CT molecular complexity index is 632. The molecule has 0 aliphatic carbocycles. The van der Waals surface area contributed by atoms with Crippen molar-refractivity contribution in [1.29, 1.82) is 0 Å². The maximum atomic E-state index is 11.7. The number of carbonyl (C=O) groups is 2. The first kappa shape index (κ1) is 15.8. The van der Waals surface area contributed by atoms with Gasteiger partial charge < -0.3 is 10.1 Å². The van der Waals surface area contributed by atoms with E-state index in [1.165, 1.54) is 11.3 Å². The Morgan fingerprint density at radius 2 is 2.05 bits per heavy atom. The number of ether oxygens (including phenoxy) is 1. The normalized spacial score (nSPS) is 10.0. The zero-order valence-electron chi connectivity index (χ0n) is 11.9. The van der Waals surface area contributed by atoms with E-state index in [1.807, 2.05) is 12.1 Å². The molecular weight excluding hydrogens is 306 g/mol. The molecule has 116 valence electrons. The van der Waals surface area contributed by atoms with Gasteiger partial charge in [0.05, 0.1) is 13.0 Å². The fourth-order valence-corrected chi connectivity index (χ4v) is 2.28. The smallest absolute Gasteiger partial charge is 0.321 e. The van der Waals surface area contributed by atoms with Crippen LogP contribution in [-0.2, 0) is 9.53 Å². The average Bonchev–Trinajstić information content (AvgIpc) is 2.97. The summed E-state index contributed by atoms with van der Waals surface area (Å²) in [5.74, 6) is -0.348. The lowest BCUT2D eigenvalue weighted by Gasteiger charge is -2.04. The van der Waals surface area contributed by atoms with E-state index in [0.29, 0.717) is 16.7 Å². The molecule has 0 unspecified atom stereocenters. The van der Waals surface area contributed by atoms with Crippen molar-refractivity contribution in [2.75, 3.05) is 18.5 Å². The number of aromatic nitrogens is 3. The quantitative estimate of drug-likeness (QED) is 0.784. The Labute approximate surface area is 130 Å². The molecule has 0 aliphatic heterocycles. The molecule has 2 rings (SSSR count). The summed E-state index contributed by atoms with van der Waals surface area (Å²) in [6.07, 6.45) is 3.44. The first-order chi connectivity index (χ1) is 10.7. The van der Waals surface area contributed by atoms with Crippen LogP contribution in [0.1, 0.15) is 13.3 Å². The Morgan fingerprint density at radius 1 is 1.27 bits per heavy atom. The molecule has 0 fully saturated rings. The Kier molecular flexibility index (Phi) is 5.78. The Hall–Kier alpha value is -2.55. The highest BCUT2D eigenvalue weighted by molar-refractivity contribution is 7.18. The lowest BCUT2D eigenvalue weighted by Crippen LogP contribution is -2.30. The van der Waals surface area contributed by atoms with Crippen molar-refractivity contribution in [3.8, 4) is 10.6 Å². The van der Waals surface area contributed by atoms with Gasteiger partial charge in [0, 0.05) is 24.5 Å². The van der Waals surface area contributed by atoms with E-state index in [4.69, 9.17) is 4.74 Å². The van der Waals surface area contributed by atoms with Gasteiger partial charge in [0.1, 0.15) is 5.01 Å². The van der Waals surface area contributed by atoms with E-state index in [2.05, 4.69) is 25.8 Å². The summed E-state index contributed by atoms with van der Waals surface area (Å²) >= 11 is 1.25. The summed E-state index contributed by atoms with van der Waals surface area (Å²) in [6.45, 7) is 2.25. The van der Waals surface area contributed by atoms with Gasteiger partial charge in [0.15, 0.2) is 0 Å². The first-order valence-electron chi connectivity index (χ1n) is 6.63. The Morgan fingerprint density at radius 3 is 2.77 bits per heavy atom. The minimum atomic E-state index is -0.443. The van der Waals surface area contributed by atoms with Gasteiger partial charge in [-0.25, -0.2) is 4.79 Å². The second-order valence-corrected chi connectivity index (χ2v) is 5.06. The van der Waals surface area contributed by atoms with Crippen LogP contribution in [0.15, 0.2) is 24.5 Å². The number of pyridine rings is 1. The van der Waals surface area contributed by atoms with Crippen molar-refractivity contribution in [3.63, 3.8) is 0 Å². The highest BCUT2D eigenvalue weighted by Gasteiger charge is 2.10. The third-order valence-corrected chi connectivity index (χ3v) is 3.38. The van der Waals surface area contributed by atoms with Crippen molar-refractivity contribution < 1.29 is 14.3 Å². The predicted molar refractivity (Wildman–Crippen MR) is 81.4 cm³/mol. The number of carbonyl (C=O) groups excluding carboxylic acids is 2. The van der Waals surface area contributed by atoms with Gasteiger partial charge in [-0.15, -0.1) is 10.2 Å². The molecule has 9 heteroatoms. The summed E-state index contributed by atoms with van der Waals surface area (Å²) in [5.41, 5.74) is 0.878. The van der Waals surface area contributed by atoms with Crippen LogP contribution in [0.3, 0.4) is 0 Å². The van der Waals surface area contributed by atoms with Crippen LogP contribution in [-0.4, -0.2) is 40.3 Å². The number of nitrogens with zero attached hydrogens (tertiary/aromatic N) is 3. The van der Waals surface area contributed by atoms with Crippen LogP contribution in [0.4, 0.5) is 9.93 Å². The van der Waals surface area contributed by atoms with Gasteiger partial charge in [0.2, 0.25) is 5.13 Å². The Balaban J connectivity index is 1.80. The third kappa shape index (κ3) is 4.77. The SMILES string of the molecule is CCOC(=O)CCNC(=O)Nc1nnc(-c2ccncc2)s1. The van der Waals surface area contributed by atoms with Crippen LogP contribution in [0.2, 0.25) is 0 Å². The zero-order valence-corrected chi connectivity index (χ0v) is 12.7. The fraction of sp³-hybridized carbons (Fsp3) is 0.308. The molecule has 2 N–H and O–H groups in total. The summed E-state index contributed by atoms with van der Waals surface area (Å²) in [4.78, 5) is 26.7. The van der Waals surface area contributed by atoms with Crippen molar-refractivity contribution in [1.82, 2.24) is 20.5 Å². The molecule has 0 bridgehead atoms. The summed E-state index contributed by atoms with van der Waals surface area (Å²) in [6, 6.07) is 3.18.